The molecule has 112 valence electrons. The highest BCUT2D eigenvalue weighted by atomic mass is 32.2. The summed E-state index contributed by atoms with van der Waals surface area (Å²) >= 11 is 0. The van der Waals surface area contributed by atoms with Gasteiger partial charge < -0.3 is 10.8 Å². The first kappa shape index (κ1) is 15.8. The molecule has 3 nitrogen and oxygen atoms in total. The third-order valence-corrected chi connectivity index (χ3v) is 4.49. The van der Waals surface area contributed by atoms with Crippen molar-refractivity contribution in [1.82, 2.24) is 0 Å². The number of aliphatic hydroxyl groups is 1. The topological polar surface area (TPSA) is 63.3 Å². The molecule has 0 heterocycles. The van der Waals surface area contributed by atoms with Crippen LogP contribution in [0, 0.1) is 11.6 Å². The fourth-order valence-electron chi connectivity index (χ4n) is 1.87. The number of benzene rings is 2. The molecule has 0 fully saturated rings. The summed E-state index contributed by atoms with van der Waals surface area (Å²) in [6.07, 6.45) is -0.998. The second-order valence-corrected chi connectivity index (χ2v) is 6.01. The Hall–Kier alpha value is -1.63. The van der Waals surface area contributed by atoms with E-state index in [4.69, 9.17) is 5.73 Å². The minimum atomic E-state index is -1.76. The van der Waals surface area contributed by atoms with Gasteiger partial charge in [0.05, 0.1) is 27.6 Å². The van der Waals surface area contributed by atoms with Crippen molar-refractivity contribution in [2.24, 2.45) is 5.73 Å². The van der Waals surface area contributed by atoms with Gasteiger partial charge in [-0.15, -0.1) is 0 Å². The smallest absolute Gasteiger partial charge is 0.142 e. The molecule has 0 aliphatic carbocycles. The minimum Gasteiger partial charge on any atom is -0.387 e. The lowest BCUT2D eigenvalue weighted by Crippen LogP contribution is -2.11. The maximum atomic E-state index is 13.5. The van der Waals surface area contributed by atoms with Crippen molar-refractivity contribution in [1.29, 1.82) is 0 Å². The molecule has 0 spiro atoms. The Balaban J connectivity index is 2.10. The second-order valence-electron chi connectivity index (χ2n) is 4.55. The molecule has 2 rings (SSSR count). The lowest BCUT2D eigenvalue weighted by atomic mass is 10.1. The van der Waals surface area contributed by atoms with Crippen LogP contribution in [0.15, 0.2) is 47.4 Å². The van der Waals surface area contributed by atoms with E-state index in [1.54, 1.807) is 24.3 Å². The summed E-state index contributed by atoms with van der Waals surface area (Å²) in [6.45, 7) is 0.392. The van der Waals surface area contributed by atoms with Crippen molar-refractivity contribution in [2.45, 2.75) is 17.5 Å². The van der Waals surface area contributed by atoms with Gasteiger partial charge in [-0.2, -0.15) is 0 Å². The summed E-state index contributed by atoms with van der Waals surface area (Å²) in [6, 6.07) is 9.75. The zero-order valence-corrected chi connectivity index (χ0v) is 11.9. The van der Waals surface area contributed by atoms with Crippen molar-refractivity contribution in [3.05, 3.63) is 65.2 Å². The first-order chi connectivity index (χ1) is 10.0. The van der Waals surface area contributed by atoms with Crippen molar-refractivity contribution < 1.29 is 18.1 Å². The van der Waals surface area contributed by atoms with Crippen LogP contribution in [-0.4, -0.2) is 15.1 Å². The maximum Gasteiger partial charge on any atom is 0.142 e. The van der Waals surface area contributed by atoms with Gasteiger partial charge in [0.15, 0.2) is 0 Å². The molecule has 3 N–H and O–H groups in total. The molecule has 0 bridgehead atoms. The van der Waals surface area contributed by atoms with E-state index in [9.17, 15) is 18.1 Å². The van der Waals surface area contributed by atoms with E-state index in [2.05, 4.69) is 0 Å². The fourth-order valence-corrected chi connectivity index (χ4v) is 3.02. The third kappa shape index (κ3) is 3.93. The first-order valence-corrected chi connectivity index (χ1v) is 7.63. The maximum absolute atomic E-state index is 13.5. The molecule has 2 unspecified atom stereocenters. The molecule has 2 aromatic rings. The van der Waals surface area contributed by atoms with Gasteiger partial charge in [-0.3, -0.25) is 4.21 Å². The highest BCUT2D eigenvalue weighted by Crippen LogP contribution is 2.20. The number of rotatable bonds is 5. The van der Waals surface area contributed by atoms with Gasteiger partial charge in [0.1, 0.15) is 11.6 Å². The third-order valence-electron chi connectivity index (χ3n) is 3.05. The molecule has 2 aromatic carbocycles. The van der Waals surface area contributed by atoms with Crippen LogP contribution in [0.2, 0.25) is 0 Å². The SMILES string of the molecule is NCc1ccc(C(O)CS(=O)c2ccc(F)cc2F)cc1. The van der Waals surface area contributed by atoms with Gasteiger partial charge in [-0.25, -0.2) is 8.78 Å². The molecule has 0 aromatic heterocycles. The van der Waals surface area contributed by atoms with Gasteiger partial charge >= 0.3 is 0 Å². The zero-order chi connectivity index (χ0) is 15.4. The van der Waals surface area contributed by atoms with Crippen molar-refractivity contribution in [2.75, 3.05) is 5.75 Å². The van der Waals surface area contributed by atoms with Crippen LogP contribution in [0.3, 0.4) is 0 Å². The predicted octanol–water partition coefficient (Wildman–Crippen LogP) is 2.26. The number of halogens is 2. The van der Waals surface area contributed by atoms with Crippen molar-refractivity contribution in [3.63, 3.8) is 0 Å². The molecule has 6 heteroatoms. The number of hydrogen-bond donors (Lipinski definition) is 2. The Labute approximate surface area is 123 Å². The minimum absolute atomic E-state index is 0.117. The van der Waals surface area contributed by atoms with Crippen LogP contribution < -0.4 is 5.73 Å². The average molecular weight is 311 g/mol. The number of nitrogens with two attached hydrogens (primary N) is 1. The van der Waals surface area contributed by atoms with E-state index in [0.717, 1.165) is 17.7 Å². The Morgan fingerprint density at radius 2 is 1.81 bits per heavy atom. The highest BCUT2D eigenvalue weighted by Gasteiger charge is 2.16. The highest BCUT2D eigenvalue weighted by molar-refractivity contribution is 7.85. The first-order valence-electron chi connectivity index (χ1n) is 6.31. The van der Waals surface area contributed by atoms with E-state index in [0.29, 0.717) is 18.2 Å². The number of aliphatic hydroxyl groups excluding tert-OH is 1. The Bertz CT molecular complexity index is 647. The summed E-state index contributed by atoms with van der Waals surface area (Å²) in [5.74, 6) is -1.77. The van der Waals surface area contributed by atoms with Gasteiger partial charge in [0.25, 0.3) is 0 Å². The lowest BCUT2D eigenvalue weighted by molar-refractivity contribution is 0.203. The van der Waals surface area contributed by atoms with Crippen molar-refractivity contribution >= 4 is 10.8 Å². The molecular formula is C15H15F2NO2S. The van der Waals surface area contributed by atoms with E-state index in [1.807, 2.05) is 0 Å². The molecule has 0 aliphatic heterocycles. The molecule has 0 amide bonds. The van der Waals surface area contributed by atoms with Crippen LogP contribution in [0.4, 0.5) is 8.78 Å². The van der Waals surface area contributed by atoms with Crippen LogP contribution in [0.25, 0.3) is 0 Å². The van der Waals surface area contributed by atoms with E-state index < -0.39 is 28.5 Å². The van der Waals surface area contributed by atoms with E-state index in [-0.39, 0.29) is 10.6 Å². The summed E-state index contributed by atoms with van der Waals surface area (Å²) in [5, 5.41) is 10.0. The summed E-state index contributed by atoms with van der Waals surface area (Å²) in [5.41, 5.74) is 6.96. The lowest BCUT2D eigenvalue weighted by Gasteiger charge is -2.12. The van der Waals surface area contributed by atoms with Crippen LogP contribution >= 0.6 is 0 Å². The van der Waals surface area contributed by atoms with Crippen molar-refractivity contribution in [3.8, 4) is 0 Å². The molecule has 2 atom stereocenters. The van der Waals surface area contributed by atoms with Crippen LogP contribution in [0.1, 0.15) is 17.2 Å². The Morgan fingerprint density at radius 3 is 2.38 bits per heavy atom. The zero-order valence-electron chi connectivity index (χ0n) is 11.1. The largest absolute Gasteiger partial charge is 0.387 e. The molecule has 0 radical (unpaired) electrons. The average Bonchev–Trinajstić information content (AvgIpc) is 2.47. The van der Waals surface area contributed by atoms with Gasteiger partial charge in [0, 0.05) is 12.6 Å². The van der Waals surface area contributed by atoms with E-state index in [1.165, 1.54) is 0 Å². The molecule has 0 saturated heterocycles. The molecule has 0 aliphatic rings. The molecule has 21 heavy (non-hydrogen) atoms. The molecule has 0 saturated carbocycles. The quantitative estimate of drug-likeness (QED) is 0.890. The van der Waals surface area contributed by atoms with Gasteiger partial charge in [0.2, 0.25) is 0 Å². The summed E-state index contributed by atoms with van der Waals surface area (Å²) < 4.78 is 38.4. The summed E-state index contributed by atoms with van der Waals surface area (Å²) in [7, 11) is -1.76. The Kier molecular flexibility index (Phi) is 5.17. The normalized spacial score (nSPS) is 13.9. The second kappa shape index (κ2) is 6.89. The molecular weight excluding hydrogens is 296 g/mol. The van der Waals surface area contributed by atoms with E-state index >= 15 is 0 Å². The monoisotopic (exact) mass is 311 g/mol. The van der Waals surface area contributed by atoms with Crippen LogP contribution in [0.5, 0.6) is 0 Å². The van der Waals surface area contributed by atoms with Gasteiger partial charge in [-0.1, -0.05) is 24.3 Å². The fraction of sp³-hybridized carbons (Fsp3) is 0.200. The summed E-state index contributed by atoms with van der Waals surface area (Å²) in [4.78, 5) is -0.117. The predicted molar refractivity (Wildman–Crippen MR) is 76.9 cm³/mol. The standard InChI is InChI=1S/C15H15F2NO2S/c16-12-5-6-15(13(17)7-12)21(20)9-14(19)11-3-1-10(8-18)2-4-11/h1-7,14,19H,8-9,18H2. The van der Waals surface area contributed by atoms with Crippen LogP contribution in [-0.2, 0) is 17.3 Å². The number of hydrogen-bond acceptors (Lipinski definition) is 3. The Morgan fingerprint density at radius 1 is 1.14 bits per heavy atom. The van der Waals surface area contributed by atoms with Gasteiger partial charge in [-0.05, 0) is 23.3 Å².